The highest BCUT2D eigenvalue weighted by Crippen LogP contribution is 2.28. The lowest BCUT2D eigenvalue weighted by Crippen LogP contribution is -2.29. The summed E-state index contributed by atoms with van der Waals surface area (Å²) < 4.78 is 37.1. The quantitative estimate of drug-likeness (QED) is 0.295. The largest absolute Gasteiger partial charge is 0.497 e. The molecule has 0 aliphatic heterocycles. The number of aromatic nitrogens is 1. The molecule has 0 radical (unpaired) electrons. The smallest absolute Gasteiger partial charge is 0.308 e. The van der Waals surface area contributed by atoms with Crippen molar-refractivity contribution >= 4 is 43.2 Å². The number of hydrogen-bond donors (Lipinski definition) is 1. The Labute approximate surface area is 214 Å². The molecule has 1 aromatic heterocycles. The Morgan fingerprint density at radius 3 is 2.34 bits per heavy atom. The summed E-state index contributed by atoms with van der Waals surface area (Å²) in [6, 6.07) is 19.1. The number of benzene rings is 3. The van der Waals surface area contributed by atoms with Gasteiger partial charge in [0.25, 0.3) is 0 Å². The van der Waals surface area contributed by atoms with E-state index in [0.29, 0.717) is 34.0 Å². The van der Waals surface area contributed by atoms with Crippen LogP contribution < -0.4 is 14.3 Å². The highest BCUT2D eigenvalue weighted by Gasteiger charge is 2.23. The van der Waals surface area contributed by atoms with Crippen LogP contribution in [-0.4, -0.2) is 20.1 Å². The second kappa shape index (κ2) is 10.5. The van der Waals surface area contributed by atoms with Crippen LogP contribution in [0.15, 0.2) is 76.4 Å². The van der Waals surface area contributed by atoms with Gasteiger partial charge >= 0.3 is 4.87 Å². The van der Waals surface area contributed by atoms with Gasteiger partial charge in [-0.1, -0.05) is 61.1 Å². The molecule has 0 saturated heterocycles. The van der Waals surface area contributed by atoms with Crippen LogP contribution >= 0.6 is 22.9 Å². The molecule has 1 atom stereocenters. The van der Waals surface area contributed by atoms with Gasteiger partial charge in [-0.2, -0.15) is 0 Å². The molecule has 0 bridgehead atoms. The Morgan fingerprint density at radius 1 is 1.03 bits per heavy atom. The minimum atomic E-state index is -3.83. The van der Waals surface area contributed by atoms with Crippen LogP contribution in [0.4, 0.5) is 0 Å². The number of nitrogens with zero attached hydrogens (tertiary/aromatic N) is 1. The SMILES string of the molecule is COc1ccc([C@H](CC(C)C)NS(=O)(=O)c2ccc3c(c2)sc(=O)n3Cc2ccc(Cl)cc2)cc1. The minimum Gasteiger partial charge on any atom is -0.497 e. The molecule has 0 fully saturated rings. The molecule has 0 aliphatic carbocycles. The van der Waals surface area contributed by atoms with E-state index in [0.717, 1.165) is 22.5 Å². The summed E-state index contributed by atoms with van der Waals surface area (Å²) >= 11 is 7.00. The third-order valence-electron chi connectivity index (χ3n) is 5.73. The molecule has 4 rings (SSSR count). The van der Waals surface area contributed by atoms with Crippen LogP contribution in [0.2, 0.25) is 5.02 Å². The van der Waals surface area contributed by atoms with Crippen LogP contribution in [0.5, 0.6) is 5.75 Å². The Morgan fingerprint density at radius 2 is 1.71 bits per heavy atom. The van der Waals surface area contributed by atoms with Gasteiger partial charge in [-0.25, -0.2) is 13.1 Å². The zero-order chi connectivity index (χ0) is 25.2. The van der Waals surface area contributed by atoms with E-state index in [9.17, 15) is 13.2 Å². The van der Waals surface area contributed by atoms with Crippen molar-refractivity contribution < 1.29 is 13.2 Å². The number of hydrogen-bond acceptors (Lipinski definition) is 5. The average Bonchev–Trinajstić information content (AvgIpc) is 3.14. The Balaban J connectivity index is 1.63. The Bertz CT molecular complexity index is 1470. The lowest BCUT2D eigenvalue weighted by Gasteiger charge is -2.21. The van der Waals surface area contributed by atoms with E-state index in [1.807, 2.05) is 36.4 Å². The number of rotatable bonds is 9. The number of thiazole rings is 1. The fourth-order valence-electron chi connectivity index (χ4n) is 3.95. The molecule has 35 heavy (non-hydrogen) atoms. The number of halogens is 1. The number of sulfonamides is 1. The second-order valence-electron chi connectivity index (χ2n) is 8.79. The zero-order valence-corrected chi connectivity index (χ0v) is 22.1. The third-order valence-corrected chi connectivity index (χ3v) is 8.39. The summed E-state index contributed by atoms with van der Waals surface area (Å²) in [4.78, 5) is 12.7. The molecule has 9 heteroatoms. The molecule has 0 aliphatic rings. The van der Waals surface area contributed by atoms with E-state index in [1.54, 1.807) is 42.0 Å². The van der Waals surface area contributed by atoms with E-state index in [2.05, 4.69) is 18.6 Å². The summed E-state index contributed by atoms with van der Waals surface area (Å²) in [6.07, 6.45) is 0.638. The van der Waals surface area contributed by atoms with Gasteiger partial charge in [0.15, 0.2) is 0 Å². The molecule has 4 aromatic rings. The van der Waals surface area contributed by atoms with Crippen LogP contribution in [0.1, 0.15) is 37.4 Å². The monoisotopic (exact) mass is 530 g/mol. The molecule has 6 nitrogen and oxygen atoms in total. The summed E-state index contributed by atoms with van der Waals surface area (Å²) in [5, 5.41) is 0.629. The lowest BCUT2D eigenvalue weighted by atomic mass is 9.98. The molecular formula is C26H27ClN2O4S2. The van der Waals surface area contributed by atoms with Gasteiger partial charge in [-0.3, -0.25) is 9.36 Å². The van der Waals surface area contributed by atoms with Crippen LogP contribution in [0.25, 0.3) is 10.2 Å². The highest BCUT2D eigenvalue weighted by molar-refractivity contribution is 7.89. The van der Waals surface area contributed by atoms with Gasteiger partial charge in [0.1, 0.15) is 5.75 Å². The Hall–Kier alpha value is -2.65. The van der Waals surface area contributed by atoms with Gasteiger partial charge in [-0.05, 0) is 65.9 Å². The molecule has 0 saturated carbocycles. The number of fused-ring (bicyclic) bond motifs is 1. The van der Waals surface area contributed by atoms with Crippen LogP contribution in [0, 0.1) is 5.92 Å². The maximum atomic E-state index is 13.4. The molecule has 0 amide bonds. The molecule has 1 N–H and O–H groups in total. The first kappa shape index (κ1) is 25.4. The molecular weight excluding hydrogens is 504 g/mol. The van der Waals surface area contributed by atoms with Gasteiger partial charge in [0.05, 0.1) is 28.8 Å². The maximum Gasteiger partial charge on any atom is 0.308 e. The number of methoxy groups -OCH3 is 1. The fourth-order valence-corrected chi connectivity index (χ4v) is 6.34. The summed E-state index contributed by atoms with van der Waals surface area (Å²) in [7, 11) is -2.23. The van der Waals surface area contributed by atoms with Gasteiger partial charge in [0.2, 0.25) is 10.0 Å². The van der Waals surface area contributed by atoms with E-state index in [-0.39, 0.29) is 15.7 Å². The molecule has 0 unspecified atom stereocenters. The standard InChI is InChI=1S/C26H27ClN2O4S2/c1-17(2)14-23(19-6-10-21(33-3)11-7-19)28-35(31,32)22-12-13-24-25(15-22)34-26(30)29(24)16-18-4-8-20(27)9-5-18/h4-13,15,17,23,28H,14,16H2,1-3H3/t23-/m0/s1. The average molecular weight is 531 g/mol. The zero-order valence-electron chi connectivity index (χ0n) is 19.7. The topological polar surface area (TPSA) is 77.4 Å². The van der Waals surface area contributed by atoms with Crippen molar-refractivity contribution in [1.82, 2.24) is 9.29 Å². The van der Waals surface area contributed by atoms with E-state index >= 15 is 0 Å². The highest BCUT2D eigenvalue weighted by atomic mass is 35.5. The van der Waals surface area contributed by atoms with E-state index in [1.165, 1.54) is 0 Å². The lowest BCUT2D eigenvalue weighted by molar-refractivity contribution is 0.414. The van der Waals surface area contributed by atoms with E-state index < -0.39 is 16.1 Å². The van der Waals surface area contributed by atoms with Gasteiger partial charge < -0.3 is 4.74 Å². The predicted molar refractivity (Wildman–Crippen MR) is 142 cm³/mol. The summed E-state index contributed by atoms with van der Waals surface area (Å²) in [5.41, 5.74) is 2.50. The first-order valence-electron chi connectivity index (χ1n) is 11.2. The van der Waals surface area contributed by atoms with Crippen molar-refractivity contribution in [3.8, 4) is 5.75 Å². The first-order chi connectivity index (χ1) is 16.7. The van der Waals surface area contributed by atoms with Crippen LogP contribution in [-0.2, 0) is 16.6 Å². The predicted octanol–water partition coefficient (Wildman–Crippen LogP) is 5.84. The fraction of sp³-hybridized carbons (Fsp3) is 0.269. The molecule has 0 spiro atoms. The van der Waals surface area contributed by atoms with Crippen molar-refractivity contribution in [3.05, 3.63) is 92.5 Å². The third kappa shape index (κ3) is 5.95. The molecule has 184 valence electrons. The summed E-state index contributed by atoms with van der Waals surface area (Å²) in [5.74, 6) is 0.989. The summed E-state index contributed by atoms with van der Waals surface area (Å²) in [6.45, 7) is 4.49. The molecule has 1 heterocycles. The van der Waals surface area contributed by atoms with Crippen molar-refractivity contribution in [2.45, 2.75) is 37.8 Å². The van der Waals surface area contributed by atoms with Crippen LogP contribution in [0.3, 0.4) is 0 Å². The van der Waals surface area contributed by atoms with Gasteiger partial charge in [0, 0.05) is 11.1 Å². The van der Waals surface area contributed by atoms with Crippen molar-refractivity contribution in [2.75, 3.05) is 7.11 Å². The Kier molecular flexibility index (Phi) is 7.66. The van der Waals surface area contributed by atoms with Crippen molar-refractivity contribution in [3.63, 3.8) is 0 Å². The second-order valence-corrected chi connectivity index (χ2v) is 11.9. The molecule has 3 aromatic carbocycles. The minimum absolute atomic E-state index is 0.132. The van der Waals surface area contributed by atoms with E-state index in [4.69, 9.17) is 16.3 Å². The van der Waals surface area contributed by atoms with Crippen molar-refractivity contribution in [1.29, 1.82) is 0 Å². The first-order valence-corrected chi connectivity index (χ1v) is 13.9. The normalized spacial score (nSPS) is 12.8. The van der Waals surface area contributed by atoms with Crippen molar-refractivity contribution in [2.24, 2.45) is 5.92 Å². The van der Waals surface area contributed by atoms with Gasteiger partial charge in [-0.15, -0.1) is 0 Å². The number of ether oxygens (including phenoxy) is 1. The maximum absolute atomic E-state index is 13.4. The number of nitrogens with one attached hydrogen (secondary N) is 1.